The number of ether oxygens (including phenoxy) is 1. The van der Waals surface area contributed by atoms with Crippen LogP contribution in [-0.2, 0) is 4.79 Å². The lowest BCUT2D eigenvalue weighted by Gasteiger charge is -2.09. The minimum atomic E-state index is -4.72. The SMILES string of the molecule is O=C1NC(=Nc2ccccc2)SC1=Cc1ccc(-c2ccc(OC(F)(F)F)cc2)cc1. The molecule has 4 rings (SSSR count). The number of halogens is 3. The van der Waals surface area contributed by atoms with Crippen LogP contribution in [0.2, 0.25) is 0 Å². The Balaban J connectivity index is 1.46. The highest BCUT2D eigenvalue weighted by molar-refractivity contribution is 8.18. The van der Waals surface area contributed by atoms with Gasteiger partial charge in [-0.2, -0.15) is 0 Å². The zero-order valence-corrected chi connectivity index (χ0v) is 16.7. The number of hydrogen-bond acceptors (Lipinski definition) is 4. The normalized spacial score (nSPS) is 16.5. The van der Waals surface area contributed by atoms with Gasteiger partial charge in [-0.3, -0.25) is 4.79 Å². The lowest BCUT2D eigenvalue weighted by Crippen LogP contribution is -2.19. The van der Waals surface area contributed by atoms with E-state index in [1.807, 2.05) is 54.6 Å². The fourth-order valence-corrected chi connectivity index (χ4v) is 3.71. The van der Waals surface area contributed by atoms with Crippen LogP contribution >= 0.6 is 11.8 Å². The second-order valence-electron chi connectivity index (χ2n) is 6.51. The number of nitrogens with zero attached hydrogens (tertiary/aromatic N) is 1. The third-order valence-electron chi connectivity index (χ3n) is 4.27. The molecule has 0 bridgehead atoms. The van der Waals surface area contributed by atoms with E-state index >= 15 is 0 Å². The van der Waals surface area contributed by atoms with Crippen molar-refractivity contribution in [3.8, 4) is 16.9 Å². The lowest BCUT2D eigenvalue weighted by atomic mass is 10.0. The molecule has 0 spiro atoms. The van der Waals surface area contributed by atoms with Crippen LogP contribution in [0.1, 0.15) is 5.56 Å². The molecule has 1 amide bonds. The Kier molecular flexibility index (Phi) is 5.81. The highest BCUT2D eigenvalue weighted by Crippen LogP contribution is 2.30. The van der Waals surface area contributed by atoms with Gasteiger partial charge < -0.3 is 10.1 Å². The number of carbonyl (C=O) groups is 1. The highest BCUT2D eigenvalue weighted by Gasteiger charge is 2.31. The molecule has 1 aliphatic rings. The average Bonchev–Trinajstić information content (AvgIpc) is 3.07. The van der Waals surface area contributed by atoms with Crippen molar-refractivity contribution in [2.45, 2.75) is 6.36 Å². The van der Waals surface area contributed by atoms with E-state index in [0.717, 1.165) is 22.4 Å². The van der Waals surface area contributed by atoms with Gasteiger partial charge in [0.05, 0.1) is 10.6 Å². The summed E-state index contributed by atoms with van der Waals surface area (Å²) >= 11 is 1.26. The van der Waals surface area contributed by atoms with Gasteiger partial charge in [-0.1, -0.05) is 54.6 Å². The molecule has 1 fully saturated rings. The minimum Gasteiger partial charge on any atom is -0.406 e. The maximum Gasteiger partial charge on any atom is 0.573 e. The number of nitrogens with one attached hydrogen (secondary N) is 1. The number of benzene rings is 3. The smallest absolute Gasteiger partial charge is 0.406 e. The first-order valence-corrected chi connectivity index (χ1v) is 9.98. The van der Waals surface area contributed by atoms with Crippen LogP contribution in [0.3, 0.4) is 0 Å². The molecule has 0 aliphatic carbocycles. The highest BCUT2D eigenvalue weighted by atomic mass is 32.2. The van der Waals surface area contributed by atoms with Gasteiger partial charge >= 0.3 is 6.36 Å². The summed E-state index contributed by atoms with van der Waals surface area (Å²) in [6, 6.07) is 22.3. The standard InChI is InChI=1S/C23H15F3N2O2S/c24-23(25,26)30-19-12-10-17(11-13-19)16-8-6-15(7-9-16)14-20-21(29)28-22(31-20)27-18-4-2-1-3-5-18/h1-14H,(H,27,28,29). The number of amides is 1. The van der Waals surface area contributed by atoms with Crippen molar-refractivity contribution >= 4 is 34.6 Å². The summed E-state index contributed by atoms with van der Waals surface area (Å²) in [5, 5.41) is 3.26. The van der Waals surface area contributed by atoms with Gasteiger partial charge in [0.15, 0.2) is 5.17 Å². The van der Waals surface area contributed by atoms with Gasteiger partial charge in [-0.05, 0) is 58.8 Å². The van der Waals surface area contributed by atoms with E-state index in [1.165, 1.54) is 23.9 Å². The number of para-hydroxylation sites is 1. The van der Waals surface area contributed by atoms with E-state index in [4.69, 9.17) is 0 Å². The molecule has 0 aromatic heterocycles. The first kappa shape index (κ1) is 20.7. The van der Waals surface area contributed by atoms with Crippen LogP contribution in [0.5, 0.6) is 5.75 Å². The van der Waals surface area contributed by atoms with E-state index in [-0.39, 0.29) is 11.7 Å². The number of aliphatic imine (C=N–C) groups is 1. The molecular formula is C23H15F3N2O2S. The summed E-state index contributed by atoms with van der Waals surface area (Å²) in [5.74, 6) is -0.487. The van der Waals surface area contributed by atoms with Crippen molar-refractivity contribution < 1.29 is 22.7 Å². The van der Waals surface area contributed by atoms with Crippen LogP contribution in [-0.4, -0.2) is 17.4 Å². The van der Waals surface area contributed by atoms with Crippen LogP contribution in [0, 0.1) is 0 Å². The Labute approximate surface area is 180 Å². The molecule has 156 valence electrons. The van der Waals surface area contributed by atoms with Crippen molar-refractivity contribution in [1.29, 1.82) is 0 Å². The van der Waals surface area contributed by atoms with Crippen LogP contribution in [0.25, 0.3) is 17.2 Å². The van der Waals surface area contributed by atoms with Gasteiger partial charge in [-0.25, -0.2) is 4.99 Å². The number of thioether (sulfide) groups is 1. The monoisotopic (exact) mass is 440 g/mol. The largest absolute Gasteiger partial charge is 0.573 e. The molecule has 0 atom stereocenters. The lowest BCUT2D eigenvalue weighted by molar-refractivity contribution is -0.274. The predicted octanol–water partition coefficient (Wildman–Crippen LogP) is 6.14. The number of alkyl halides is 3. The fourth-order valence-electron chi connectivity index (χ4n) is 2.87. The van der Waals surface area contributed by atoms with Crippen molar-refractivity contribution in [1.82, 2.24) is 5.32 Å². The molecule has 8 heteroatoms. The van der Waals surface area contributed by atoms with Crippen LogP contribution in [0.4, 0.5) is 18.9 Å². The zero-order valence-electron chi connectivity index (χ0n) is 15.9. The van der Waals surface area contributed by atoms with Crippen molar-refractivity contribution in [2.24, 2.45) is 4.99 Å². The minimum absolute atomic E-state index is 0.219. The molecule has 0 saturated carbocycles. The van der Waals surface area contributed by atoms with Crippen LogP contribution < -0.4 is 10.1 Å². The summed E-state index contributed by atoms with van der Waals surface area (Å²) in [4.78, 5) is 17.2. The van der Waals surface area contributed by atoms with Gasteiger partial charge in [0.25, 0.3) is 5.91 Å². The topological polar surface area (TPSA) is 50.7 Å². The quantitative estimate of drug-likeness (QED) is 0.496. The number of rotatable bonds is 4. The summed E-state index contributed by atoms with van der Waals surface area (Å²) in [6.45, 7) is 0. The molecule has 1 aliphatic heterocycles. The molecule has 1 heterocycles. The van der Waals surface area contributed by atoms with Gasteiger partial charge in [-0.15, -0.1) is 13.2 Å². The second-order valence-corrected chi connectivity index (χ2v) is 7.54. The molecule has 31 heavy (non-hydrogen) atoms. The third-order valence-corrected chi connectivity index (χ3v) is 5.18. The average molecular weight is 440 g/mol. The maximum atomic E-state index is 12.3. The third kappa shape index (κ3) is 5.55. The zero-order chi connectivity index (χ0) is 21.8. The Bertz CT molecular complexity index is 1140. The first-order chi connectivity index (χ1) is 14.9. The second kappa shape index (κ2) is 8.69. The molecule has 3 aromatic carbocycles. The summed E-state index contributed by atoms with van der Waals surface area (Å²) in [5.41, 5.74) is 3.15. The Morgan fingerprint density at radius 1 is 0.871 bits per heavy atom. The molecule has 0 radical (unpaired) electrons. The van der Waals surface area contributed by atoms with E-state index in [0.29, 0.717) is 10.1 Å². The summed E-state index contributed by atoms with van der Waals surface area (Å²) < 4.78 is 40.7. The molecule has 4 nitrogen and oxygen atoms in total. The number of carbonyl (C=O) groups excluding carboxylic acids is 1. The molecule has 1 saturated heterocycles. The number of hydrogen-bond donors (Lipinski definition) is 1. The van der Waals surface area contributed by atoms with E-state index in [9.17, 15) is 18.0 Å². The van der Waals surface area contributed by atoms with Crippen LogP contribution in [0.15, 0.2) is 88.8 Å². The predicted molar refractivity (Wildman–Crippen MR) is 116 cm³/mol. The molecular weight excluding hydrogens is 425 g/mol. The Hall–Kier alpha value is -3.52. The van der Waals surface area contributed by atoms with E-state index in [2.05, 4.69) is 15.0 Å². The van der Waals surface area contributed by atoms with E-state index in [1.54, 1.807) is 18.2 Å². The van der Waals surface area contributed by atoms with Gasteiger partial charge in [0, 0.05) is 0 Å². The van der Waals surface area contributed by atoms with Crippen molar-refractivity contribution in [3.05, 3.63) is 89.3 Å². The van der Waals surface area contributed by atoms with Crippen molar-refractivity contribution in [3.63, 3.8) is 0 Å². The van der Waals surface area contributed by atoms with Gasteiger partial charge in [0.2, 0.25) is 0 Å². The molecule has 3 aromatic rings. The number of amidine groups is 1. The summed E-state index contributed by atoms with van der Waals surface area (Å²) in [6.07, 6.45) is -2.95. The van der Waals surface area contributed by atoms with Crippen molar-refractivity contribution in [2.75, 3.05) is 0 Å². The Morgan fingerprint density at radius 2 is 1.48 bits per heavy atom. The fraction of sp³-hybridized carbons (Fsp3) is 0.0435. The van der Waals surface area contributed by atoms with Gasteiger partial charge in [0.1, 0.15) is 5.75 Å². The molecule has 1 N–H and O–H groups in total. The Morgan fingerprint density at radius 3 is 2.10 bits per heavy atom. The van der Waals surface area contributed by atoms with E-state index < -0.39 is 6.36 Å². The molecule has 0 unspecified atom stereocenters. The maximum absolute atomic E-state index is 12.3. The first-order valence-electron chi connectivity index (χ1n) is 9.17. The summed E-state index contributed by atoms with van der Waals surface area (Å²) in [7, 11) is 0.